The second-order valence-corrected chi connectivity index (χ2v) is 9.12. The minimum Gasteiger partial charge on any atom is -0.497 e. The van der Waals surface area contributed by atoms with E-state index in [9.17, 15) is 9.59 Å². The minimum atomic E-state index is -0.517. The Bertz CT molecular complexity index is 1540. The number of nitrogens with one attached hydrogen (secondary N) is 1. The van der Waals surface area contributed by atoms with E-state index in [0.29, 0.717) is 11.4 Å². The number of thiocarbonyl (C=S) groups is 1. The summed E-state index contributed by atoms with van der Waals surface area (Å²) in [5.74, 6) is -0.337. The van der Waals surface area contributed by atoms with Crippen molar-refractivity contribution >= 4 is 40.9 Å². The normalized spacial score (nSPS) is 14.7. The van der Waals surface area contributed by atoms with Gasteiger partial charge in [0.25, 0.3) is 11.8 Å². The van der Waals surface area contributed by atoms with Crippen molar-refractivity contribution in [1.29, 1.82) is 0 Å². The number of nitrogens with zero attached hydrogens (tertiary/aromatic N) is 2. The van der Waals surface area contributed by atoms with Crippen LogP contribution in [-0.2, 0) is 9.59 Å². The molecule has 3 aromatic carbocycles. The van der Waals surface area contributed by atoms with Gasteiger partial charge in [0.15, 0.2) is 5.11 Å². The monoisotopic (exact) mass is 507 g/mol. The molecule has 2 amide bonds. The number of carbonyl (C=O) groups excluding carboxylic acids is 2. The number of benzene rings is 3. The molecule has 0 unspecified atom stereocenters. The van der Waals surface area contributed by atoms with Crippen LogP contribution in [-0.4, -0.2) is 28.6 Å². The summed E-state index contributed by atoms with van der Waals surface area (Å²) in [7, 11) is 1.57. The lowest BCUT2D eigenvalue weighted by Gasteiger charge is -2.29. The Labute approximate surface area is 220 Å². The molecule has 1 saturated heterocycles. The smallest absolute Gasteiger partial charge is 0.270 e. The van der Waals surface area contributed by atoms with Crippen molar-refractivity contribution in [2.45, 2.75) is 13.8 Å². The fraction of sp³-hybridized carbons (Fsp3) is 0.100. The van der Waals surface area contributed by atoms with Gasteiger partial charge in [-0.1, -0.05) is 42.5 Å². The van der Waals surface area contributed by atoms with Crippen LogP contribution in [0.3, 0.4) is 0 Å². The molecule has 4 aromatic rings. The van der Waals surface area contributed by atoms with E-state index in [-0.39, 0.29) is 10.7 Å². The average Bonchev–Trinajstić information content (AvgIpc) is 3.19. The lowest BCUT2D eigenvalue weighted by molar-refractivity contribution is -0.122. The molecule has 1 aliphatic rings. The molecule has 0 radical (unpaired) electrons. The number of hydrogen-bond donors (Lipinski definition) is 1. The van der Waals surface area contributed by atoms with Gasteiger partial charge < -0.3 is 9.30 Å². The zero-order valence-electron chi connectivity index (χ0n) is 20.7. The first-order valence-electron chi connectivity index (χ1n) is 11.8. The molecule has 1 aromatic heterocycles. The van der Waals surface area contributed by atoms with E-state index in [2.05, 4.69) is 46.3 Å². The van der Waals surface area contributed by atoms with Crippen molar-refractivity contribution in [2.75, 3.05) is 12.0 Å². The van der Waals surface area contributed by atoms with Crippen LogP contribution in [0.4, 0.5) is 5.69 Å². The Morgan fingerprint density at radius 1 is 0.838 bits per heavy atom. The topological polar surface area (TPSA) is 63.6 Å². The second kappa shape index (κ2) is 9.87. The number of aryl methyl sites for hydroxylation is 1. The average molecular weight is 508 g/mol. The summed E-state index contributed by atoms with van der Waals surface area (Å²) in [6.07, 6.45) is 1.63. The van der Waals surface area contributed by atoms with Crippen molar-refractivity contribution in [3.05, 3.63) is 107 Å². The third-order valence-corrected chi connectivity index (χ3v) is 6.72. The Morgan fingerprint density at radius 2 is 1.46 bits per heavy atom. The predicted octanol–water partition coefficient (Wildman–Crippen LogP) is 5.60. The van der Waals surface area contributed by atoms with Gasteiger partial charge in [0.1, 0.15) is 11.3 Å². The van der Waals surface area contributed by atoms with Crippen molar-refractivity contribution in [3.63, 3.8) is 0 Å². The molecule has 0 bridgehead atoms. The standard InChI is InChI=1S/C30H25N3O3S/c1-19-17-23(20(2)32(19)24-11-9-22(10-12-24)21-7-5-4-6-8-21)18-27-28(34)31-30(37)33(29(27)35)25-13-15-26(36-3)16-14-25/h4-18H,1-3H3,(H,31,34,37)/b27-18-. The van der Waals surface area contributed by atoms with Crippen LogP contribution in [0.25, 0.3) is 22.9 Å². The summed E-state index contributed by atoms with van der Waals surface area (Å²) in [4.78, 5) is 27.5. The van der Waals surface area contributed by atoms with Crippen LogP contribution in [0.5, 0.6) is 5.75 Å². The highest BCUT2D eigenvalue weighted by Gasteiger charge is 2.34. The zero-order chi connectivity index (χ0) is 26.1. The van der Waals surface area contributed by atoms with Crippen LogP contribution in [0.15, 0.2) is 90.5 Å². The number of methoxy groups -OCH3 is 1. The summed E-state index contributed by atoms with van der Waals surface area (Å²) in [5.41, 5.74) is 6.54. The first kappa shape index (κ1) is 24.2. The largest absolute Gasteiger partial charge is 0.497 e. The first-order chi connectivity index (χ1) is 17.9. The van der Waals surface area contributed by atoms with E-state index in [4.69, 9.17) is 17.0 Å². The van der Waals surface area contributed by atoms with Crippen molar-refractivity contribution in [1.82, 2.24) is 9.88 Å². The third-order valence-electron chi connectivity index (χ3n) is 6.44. The van der Waals surface area contributed by atoms with Gasteiger partial charge in [0.05, 0.1) is 12.8 Å². The molecule has 0 atom stereocenters. The number of rotatable bonds is 5. The minimum absolute atomic E-state index is 0.0177. The van der Waals surface area contributed by atoms with Crippen LogP contribution in [0, 0.1) is 13.8 Å². The number of aromatic nitrogens is 1. The van der Waals surface area contributed by atoms with Crippen LogP contribution in [0.2, 0.25) is 0 Å². The number of hydrogen-bond acceptors (Lipinski definition) is 4. The predicted molar refractivity (Wildman–Crippen MR) is 150 cm³/mol. The van der Waals surface area contributed by atoms with Gasteiger partial charge in [-0.3, -0.25) is 19.8 Å². The molecule has 0 spiro atoms. The first-order valence-corrected chi connectivity index (χ1v) is 12.2. The quantitative estimate of drug-likeness (QED) is 0.217. The van der Waals surface area contributed by atoms with Gasteiger partial charge in [-0.25, -0.2) is 0 Å². The number of ether oxygens (including phenoxy) is 1. The SMILES string of the molecule is COc1ccc(N2C(=O)/C(=C\c3cc(C)n(-c4ccc(-c5ccccc5)cc4)c3C)C(=O)NC2=S)cc1. The molecule has 6 nitrogen and oxygen atoms in total. The van der Waals surface area contributed by atoms with Crippen LogP contribution < -0.4 is 15.0 Å². The molecular weight excluding hydrogens is 482 g/mol. The Morgan fingerprint density at radius 3 is 2.11 bits per heavy atom. The Balaban J connectivity index is 1.48. The van der Waals surface area contributed by atoms with Gasteiger partial charge in [-0.2, -0.15) is 0 Å². The molecule has 5 rings (SSSR count). The van der Waals surface area contributed by atoms with Gasteiger partial charge in [0.2, 0.25) is 0 Å². The lowest BCUT2D eigenvalue weighted by Crippen LogP contribution is -2.54. The molecule has 1 N–H and O–H groups in total. The van der Waals surface area contributed by atoms with Crippen molar-refractivity contribution < 1.29 is 14.3 Å². The molecule has 37 heavy (non-hydrogen) atoms. The Kier molecular flexibility index (Phi) is 6.46. The van der Waals surface area contributed by atoms with E-state index in [1.807, 2.05) is 38.1 Å². The van der Waals surface area contributed by atoms with E-state index in [1.165, 1.54) is 4.90 Å². The Hall–Kier alpha value is -4.49. The molecule has 0 aliphatic carbocycles. The maximum atomic E-state index is 13.4. The lowest BCUT2D eigenvalue weighted by atomic mass is 10.1. The van der Waals surface area contributed by atoms with Crippen molar-refractivity contribution in [2.24, 2.45) is 0 Å². The van der Waals surface area contributed by atoms with E-state index in [0.717, 1.165) is 33.8 Å². The molecule has 7 heteroatoms. The highest BCUT2D eigenvalue weighted by molar-refractivity contribution is 7.80. The van der Waals surface area contributed by atoms with E-state index < -0.39 is 11.8 Å². The van der Waals surface area contributed by atoms with Gasteiger partial charge >= 0.3 is 0 Å². The maximum absolute atomic E-state index is 13.4. The maximum Gasteiger partial charge on any atom is 0.270 e. The molecular formula is C30H25N3O3S. The second-order valence-electron chi connectivity index (χ2n) is 8.73. The van der Waals surface area contributed by atoms with Gasteiger partial charge in [-0.15, -0.1) is 0 Å². The highest BCUT2D eigenvalue weighted by Crippen LogP contribution is 2.28. The molecule has 1 fully saturated rings. The third kappa shape index (κ3) is 4.57. The van der Waals surface area contributed by atoms with Gasteiger partial charge in [-0.05, 0) is 91.3 Å². The zero-order valence-corrected chi connectivity index (χ0v) is 21.5. The molecule has 1 aliphatic heterocycles. The van der Waals surface area contributed by atoms with Crippen molar-refractivity contribution in [3.8, 4) is 22.6 Å². The summed E-state index contributed by atoms with van der Waals surface area (Å²) >= 11 is 5.31. The summed E-state index contributed by atoms with van der Waals surface area (Å²) in [5, 5.41) is 2.69. The van der Waals surface area contributed by atoms with Crippen LogP contribution >= 0.6 is 12.2 Å². The fourth-order valence-corrected chi connectivity index (χ4v) is 4.82. The fourth-order valence-electron chi connectivity index (χ4n) is 4.54. The molecule has 184 valence electrons. The summed E-state index contributed by atoms with van der Waals surface area (Å²) in [6.45, 7) is 3.98. The molecule has 2 heterocycles. The summed E-state index contributed by atoms with van der Waals surface area (Å²) in [6, 6.07) is 27.4. The number of anilines is 1. The van der Waals surface area contributed by atoms with Gasteiger partial charge in [0, 0.05) is 17.1 Å². The number of carbonyl (C=O) groups is 2. The van der Waals surface area contributed by atoms with E-state index >= 15 is 0 Å². The summed E-state index contributed by atoms with van der Waals surface area (Å²) < 4.78 is 7.31. The highest BCUT2D eigenvalue weighted by atomic mass is 32.1. The molecule has 0 saturated carbocycles. The number of amides is 2. The van der Waals surface area contributed by atoms with E-state index in [1.54, 1.807) is 37.5 Å². The van der Waals surface area contributed by atoms with Crippen LogP contribution in [0.1, 0.15) is 17.0 Å².